The highest BCUT2D eigenvalue weighted by molar-refractivity contribution is 5.87. The fourth-order valence-electron chi connectivity index (χ4n) is 3.33. The predicted octanol–water partition coefficient (Wildman–Crippen LogP) is 2.64. The molecule has 0 saturated carbocycles. The van der Waals surface area contributed by atoms with Crippen LogP contribution in [0.5, 0.6) is 0 Å². The van der Waals surface area contributed by atoms with Gasteiger partial charge in [0.05, 0.1) is 34.7 Å². The zero-order chi connectivity index (χ0) is 19.1. The molecule has 0 unspecified atom stereocenters. The molecule has 0 spiro atoms. The van der Waals surface area contributed by atoms with Crippen LogP contribution in [-0.2, 0) is 18.4 Å². The molecule has 26 heavy (non-hydrogen) atoms. The monoisotopic (exact) mass is 347 g/mol. The minimum atomic E-state index is -0.715. The van der Waals surface area contributed by atoms with Crippen molar-refractivity contribution in [1.29, 1.82) is 10.5 Å². The smallest absolute Gasteiger partial charge is 0.143 e. The number of nitriles is 2. The summed E-state index contributed by atoms with van der Waals surface area (Å²) in [5, 5.41) is 26.3. The fraction of sp³-hybridized carbons (Fsp3) is 0.421. The molecule has 0 aromatic carbocycles. The third-order valence-corrected chi connectivity index (χ3v) is 4.74. The lowest BCUT2D eigenvalue weighted by Gasteiger charge is -2.18. The van der Waals surface area contributed by atoms with E-state index in [1.807, 2.05) is 33.8 Å². The second-order valence-corrected chi connectivity index (χ2v) is 6.90. The average Bonchev–Trinajstić information content (AvgIpc) is 3.17. The Balaban J connectivity index is 2.02. The van der Waals surface area contributed by atoms with Gasteiger partial charge in [0, 0.05) is 31.1 Å². The summed E-state index contributed by atoms with van der Waals surface area (Å²) in [6.45, 7) is 7.59. The van der Waals surface area contributed by atoms with Crippen LogP contribution in [-0.4, -0.2) is 26.8 Å². The van der Waals surface area contributed by atoms with Gasteiger partial charge in [-0.1, -0.05) is 6.08 Å². The van der Waals surface area contributed by atoms with Gasteiger partial charge in [-0.25, -0.2) is 14.6 Å². The maximum Gasteiger partial charge on any atom is 0.143 e. The van der Waals surface area contributed by atoms with Crippen LogP contribution in [0.1, 0.15) is 47.9 Å². The van der Waals surface area contributed by atoms with Gasteiger partial charge in [0.25, 0.3) is 0 Å². The molecular weight excluding hydrogens is 326 g/mol. The predicted molar refractivity (Wildman–Crippen MR) is 98.3 cm³/mol. The molecule has 0 radical (unpaired) electrons. The van der Waals surface area contributed by atoms with E-state index in [9.17, 15) is 10.5 Å². The second kappa shape index (κ2) is 6.27. The van der Waals surface area contributed by atoms with Crippen molar-refractivity contribution in [2.24, 2.45) is 0 Å². The van der Waals surface area contributed by atoms with Gasteiger partial charge in [-0.3, -0.25) is 0 Å². The molecule has 7 heteroatoms. The summed E-state index contributed by atoms with van der Waals surface area (Å²) in [4.78, 5) is 9.29. The Bertz CT molecular complexity index is 996. The number of hydrogen-bond donors (Lipinski definition) is 1. The highest BCUT2D eigenvalue weighted by atomic mass is 15.3. The number of nitrogens with one attached hydrogen (secondary N) is 1. The van der Waals surface area contributed by atoms with Crippen molar-refractivity contribution < 1.29 is 0 Å². The molecular formula is C19H21N7. The average molecular weight is 347 g/mol. The van der Waals surface area contributed by atoms with Crippen LogP contribution >= 0.6 is 0 Å². The van der Waals surface area contributed by atoms with Gasteiger partial charge in [-0.15, -0.1) is 0 Å². The molecule has 0 atom stereocenters. The van der Waals surface area contributed by atoms with Crippen molar-refractivity contribution in [3.63, 3.8) is 0 Å². The number of fused-ring (bicyclic) bond motifs is 1. The third kappa shape index (κ3) is 2.72. The lowest BCUT2D eigenvalue weighted by Crippen LogP contribution is -2.26. The topological polar surface area (TPSA) is 103 Å². The summed E-state index contributed by atoms with van der Waals surface area (Å²) < 4.78 is 1.76. The number of rotatable bonds is 4. The number of nitrogens with zero attached hydrogens (tertiary/aromatic N) is 6. The number of allylic oxidation sites excluding steroid dienone is 2. The van der Waals surface area contributed by atoms with Gasteiger partial charge in [-0.05, 0) is 27.7 Å². The zero-order valence-corrected chi connectivity index (χ0v) is 15.7. The molecule has 3 rings (SSSR count). The molecule has 132 valence electrons. The Morgan fingerprint density at radius 1 is 1.27 bits per heavy atom. The Kier molecular flexibility index (Phi) is 4.25. The number of hydrogen-bond acceptors (Lipinski definition) is 6. The molecule has 0 fully saturated rings. The first-order chi connectivity index (χ1) is 12.3. The van der Waals surface area contributed by atoms with Crippen molar-refractivity contribution in [2.75, 3.05) is 12.4 Å². The van der Waals surface area contributed by atoms with E-state index in [4.69, 9.17) is 0 Å². The molecule has 2 heterocycles. The van der Waals surface area contributed by atoms with E-state index in [0.29, 0.717) is 30.1 Å². The SMILES string of the molecule is CNc1nc(Cc2c(C)nn(C(C)(C)C#N)c2C)nc2c1C(C#N)=CC2. The summed E-state index contributed by atoms with van der Waals surface area (Å²) in [5.74, 6) is 1.36. The number of anilines is 1. The Hall–Kier alpha value is -3.19. The van der Waals surface area contributed by atoms with Gasteiger partial charge in [0.1, 0.15) is 17.2 Å². The maximum absolute atomic E-state index is 9.41. The van der Waals surface area contributed by atoms with Gasteiger partial charge in [-0.2, -0.15) is 15.6 Å². The fourth-order valence-corrected chi connectivity index (χ4v) is 3.33. The lowest BCUT2D eigenvalue weighted by atomic mass is 10.1. The van der Waals surface area contributed by atoms with E-state index in [0.717, 1.165) is 28.2 Å². The van der Waals surface area contributed by atoms with E-state index in [2.05, 4.69) is 32.5 Å². The van der Waals surface area contributed by atoms with E-state index in [-0.39, 0.29) is 0 Å². The quantitative estimate of drug-likeness (QED) is 0.912. The molecule has 2 aromatic heterocycles. The van der Waals surface area contributed by atoms with Crippen LogP contribution in [0, 0.1) is 36.5 Å². The first-order valence-corrected chi connectivity index (χ1v) is 8.47. The van der Waals surface area contributed by atoms with Crippen LogP contribution in [0.15, 0.2) is 6.08 Å². The van der Waals surface area contributed by atoms with Crippen LogP contribution in [0.25, 0.3) is 5.57 Å². The molecule has 0 aliphatic heterocycles. The van der Waals surface area contributed by atoms with Crippen molar-refractivity contribution >= 4 is 11.4 Å². The van der Waals surface area contributed by atoms with Gasteiger partial charge >= 0.3 is 0 Å². The van der Waals surface area contributed by atoms with Crippen LogP contribution in [0.3, 0.4) is 0 Å². The van der Waals surface area contributed by atoms with Crippen molar-refractivity contribution in [2.45, 2.75) is 46.1 Å². The summed E-state index contributed by atoms with van der Waals surface area (Å²) in [5.41, 5.74) is 4.42. The normalized spacial score (nSPS) is 13.0. The van der Waals surface area contributed by atoms with E-state index in [1.165, 1.54) is 0 Å². The van der Waals surface area contributed by atoms with Gasteiger partial charge < -0.3 is 5.32 Å². The summed E-state index contributed by atoms with van der Waals surface area (Å²) in [7, 11) is 1.80. The van der Waals surface area contributed by atoms with Crippen molar-refractivity contribution in [3.05, 3.63) is 40.1 Å². The van der Waals surface area contributed by atoms with Crippen LogP contribution in [0.4, 0.5) is 5.82 Å². The molecule has 0 amide bonds. The number of aromatic nitrogens is 4. The molecule has 7 nitrogen and oxygen atoms in total. The number of aryl methyl sites for hydroxylation is 1. The molecule has 1 aliphatic rings. The van der Waals surface area contributed by atoms with E-state index >= 15 is 0 Å². The highest BCUT2D eigenvalue weighted by Crippen LogP contribution is 2.32. The molecule has 0 saturated heterocycles. The van der Waals surface area contributed by atoms with Crippen LogP contribution in [0.2, 0.25) is 0 Å². The molecule has 0 bridgehead atoms. The minimum absolute atomic E-state index is 0.531. The highest BCUT2D eigenvalue weighted by Gasteiger charge is 2.26. The first-order valence-electron chi connectivity index (χ1n) is 8.47. The summed E-state index contributed by atoms with van der Waals surface area (Å²) >= 11 is 0. The molecule has 1 aliphatic carbocycles. The van der Waals surface area contributed by atoms with Gasteiger partial charge in [0.15, 0.2) is 0 Å². The Labute approximate surface area is 153 Å². The largest absolute Gasteiger partial charge is 0.372 e. The summed E-state index contributed by atoms with van der Waals surface area (Å²) in [6.07, 6.45) is 3.05. The third-order valence-electron chi connectivity index (χ3n) is 4.74. The van der Waals surface area contributed by atoms with Crippen LogP contribution < -0.4 is 5.32 Å². The van der Waals surface area contributed by atoms with E-state index < -0.39 is 5.54 Å². The Morgan fingerprint density at radius 3 is 2.62 bits per heavy atom. The lowest BCUT2D eigenvalue weighted by molar-refractivity contribution is 0.407. The van der Waals surface area contributed by atoms with Gasteiger partial charge in [0.2, 0.25) is 0 Å². The van der Waals surface area contributed by atoms with Crippen molar-refractivity contribution in [1.82, 2.24) is 19.7 Å². The zero-order valence-electron chi connectivity index (χ0n) is 15.7. The second-order valence-electron chi connectivity index (χ2n) is 6.90. The molecule has 1 N–H and O–H groups in total. The Morgan fingerprint density at radius 2 is 2.00 bits per heavy atom. The minimum Gasteiger partial charge on any atom is -0.372 e. The van der Waals surface area contributed by atoms with Crippen molar-refractivity contribution in [3.8, 4) is 12.1 Å². The standard InChI is InChI=1S/C19H21N7/c1-11-14(12(2)26(25-11)19(3,4)10-21)8-16-23-15-7-6-13(9-20)17(15)18(22-5)24-16/h6H,7-8H2,1-5H3,(H,22,23,24). The van der Waals surface area contributed by atoms with E-state index in [1.54, 1.807) is 11.7 Å². The summed E-state index contributed by atoms with van der Waals surface area (Å²) in [6, 6.07) is 4.49. The molecule has 2 aromatic rings. The first kappa shape index (κ1) is 17.6. The maximum atomic E-state index is 9.41.